The van der Waals surface area contributed by atoms with Gasteiger partial charge in [0, 0.05) is 0 Å². The highest BCUT2D eigenvalue weighted by Crippen LogP contribution is 2.30. The largest absolute Gasteiger partial charge is 0.483 e. The molecular weight excluding hydrogens is 315 g/mol. The molecule has 0 fully saturated rings. The maximum Gasteiger partial charge on any atom is 0.207 e. The fourth-order valence-corrected chi connectivity index (χ4v) is 1.97. The molecule has 2 rings (SSSR count). The summed E-state index contributed by atoms with van der Waals surface area (Å²) in [6.45, 7) is 5.75. The second kappa shape index (κ2) is 6.18. The minimum absolute atomic E-state index is 0.0686. The Morgan fingerprint density at radius 1 is 0.739 bits per heavy atom. The molecule has 0 saturated carbocycles. The second-order valence-corrected chi connectivity index (χ2v) is 6.13. The highest BCUT2D eigenvalue weighted by atomic mass is 19.2. The molecule has 0 bridgehead atoms. The molecule has 0 radical (unpaired) electrons. The Morgan fingerprint density at radius 2 is 1.17 bits per heavy atom. The third-order valence-electron chi connectivity index (χ3n) is 3.37. The molecule has 6 heteroatoms. The summed E-state index contributed by atoms with van der Waals surface area (Å²) in [5, 5.41) is 0. The number of ether oxygens (including phenoxy) is 1. The van der Waals surface area contributed by atoms with Crippen LogP contribution in [0.3, 0.4) is 0 Å². The van der Waals surface area contributed by atoms with Gasteiger partial charge in [-0.3, -0.25) is 0 Å². The summed E-state index contributed by atoms with van der Waals surface area (Å²) < 4.78 is 70.8. The molecule has 0 heterocycles. The standard InChI is InChI=1S/C17H15F5O/c1-17(2,3)10-6-4-9(5-7-10)8-23-16-14(21)12(19)11(18)13(20)15(16)22/h4-7H,8H2,1-3H3. The lowest BCUT2D eigenvalue weighted by atomic mass is 9.87. The van der Waals surface area contributed by atoms with Gasteiger partial charge in [-0.2, -0.15) is 8.78 Å². The van der Waals surface area contributed by atoms with Crippen LogP contribution < -0.4 is 4.74 Å². The molecule has 1 nitrogen and oxygen atoms in total. The van der Waals surface area contributed by atoms with Crippen LogP contribution in [0.5, 0.6) is 5.75 Å². The van der Waals surface area contributed by atoms with Gasteiger partial charge in [0.15, 0.2) is 5.75 Å². The summed E-state index contributed by atoms with van der Waals surface area (Å²) in [5.41, 5.74) is 1.51. The van der Waals surface area contributed by atoms with Crippen molar-refractivity contribution in [3.8, 4) is 5.75 Å². The molecular formula is C17H15F5O. The molecule has 0 saturated heterocycles. The van der Waals surface area contributed by atoms with Crippen LogP contribution in [0, 0.1) is 29.1 Å². The van der Waals surface area contributed by atoms with Gasteiger partial charge < -0.3 is 4.74 Å². The molecule has 0 amide bonds. The summed E-state index contributed by atoms with van der Waals surface area (Å²) in [7, 11) is 0. The van der Waals surface area contributed by atoms with Gasteiger partial charge in [-0.25, -0.2) is 13.2 Å². The zero-order valence-electron chi connectivity index (χ0n) is 12.8. The van der Waals surface area contributed by atoms with E-state index in [1.54, 1.807) is 12.1 Å². The lowest BCUT2D eigenvalue weighted by Crippen LogP contribution is -2.11. The Bertz CT molecular complexity index is 688. The first-order chi connectivity index (χ1) is 10.6. The zero-order chi connectivity index (χ0) is 17.4. The van der Waals surface area contributed by atoms with Gasteiger partial charge in [0.05, 0.1) is 0 Å². The normalized spacial score (nSPS) is 11.7. The highest BCUT2D eigenvalue weighted by molar-refractivity contribution is 5.31. The van der Waals surface area contributed by atoms with E-state index in [9.17, 15) is 22.0 Å². The fraction of sp³-hybridized carbons (Fsp3) is 0.294. The molecule has 0 N–H and O–H groups in total. The van der Waals surface area contributed by atoms with Crippen molar-refractivity contribution in [2.75, 3.05) is 0 Å². The first-order valence-electron chi connectivity index (χ1n) is 6.86. The monoisotopic (exact) mass is 330 g/mol. The Balaban J connectivity index is 2.22. The minimum atomic E-state index is -2.21. The molecule has 124 valence electrons. The Kier molecular flexibility index (Phi) is 4.63. The Morgan fingerprint density at radius 3 is 1.61 bits per heavy atom. The Hall–Kier alpha value is -2.11. The first kappa shape index (κ1) is 17.2. The lowest BCUT2D eigenvalue weighted by Gasteiger charge is -2.19. The number of halogens is 5. The van der Waals surface area contributed by atoms with E-state index in [0.717, 1.165) is 5.56 Å². The highest BCUT2D eigenvalue weighted by Gasteiger charge is 2.27. The molecule has 0 atom stereocenters. The van der Waals surface area contributed by atoms with Gasteiger partial charge in [-0.05, 0) is 16.5 Å². The molecule has 0 aliphatic heterocycles. The molecule has 0 unspecified atom stereocenters. The van der Waals surface area contributed by atoms with E-state index in [0.29, 0.717) is 5.56 Å². The van der Waals surface area contributed by atoms with Crippen LogP contribution in [0.2, 0.25) is 0 Å². The van der Waals surface area contributed by atoms with Crippen molar-refractivity contribution >= 4 is 0 Å². The van der Waals surface area contributed by atoms with Crippen molar-refractivity contribution in [3.63, 3.8) is 0 Å². The molecule has 2 aromatic carbocycles. The third-order valence-corrected chi connectivity index (χ3v) is 3.37. The van der Waals surface area contributed by atoms with Crippen LogP contribution in [-0.4, -0.2) is 0 Å². The molecule has 0 aliphatic carbocycles. The summed E-state index contributed by atoms with van der Waals surface area (Å²) in [4.78, 5) is 0. The summed E-state index contributed by atoms with van der Waals surface area (Å²) in [5.74, 6) is -11.5. The number of hydrogen-bond acceptors (Lipinski definition) is 1. The number of rotatable bonds is 3. The van der Waals surface area contributed by atoms with Crippen LogP contribution in [-0.2, 0) is 12.0 Å². The number of benzene rings is 2. The predicted octanol–water partition coefficient (Wildman–Crippen LogP) is 5.26. The SMILES string of the molecule is CC(C)(C)c1ccc(COc2c(F)c(F)c(F)c(F)c2F)cc1. The molecule has 0 aromatic heterocycles. The van der Waals surface area contributed by atoms with Crippen LogP contribution in [0.15, 0.2) is 24.3 Å². The quantitative estimate of drug-likeness (QED) is 0.424. The van der Waals surface area contributed by atoms with Crippen molar-refractivity contribution in [2.24, 2.45) is 0 Å². The first-order valence-corrected chi connectivity index (χ1v) is 6.86. The van der Waals surface area contributed by atoms with Crippen molar-refractivity contribution < 1.29 is 26.7 Å². The molecule has 0 spiro atoms. The van der Waals surface area contributed by atoms with E-state index < -0.39 is 34.8 Å². The lowest BCUT2D eigenvalue weighted by molar-refractivity contribution is 0.253. The average Bonchev–Trinajstić information content (AvgIpc) is 2.50. The van der Waals surface area contributed by atoms with Gasteiger partial charge in [-0.15, -0.1) is 0 Å². The van der Waals surface area contributed by atoms with Crippen LogP contribution in [0.1, 0.15) is 31.9 Å². The predicted molar refractivity (Wildman–Crippen MR) is 75.7 cm³/mol. The van der Waals surface area contributed by atoms with Crippen LogP contribution in [0.4, 0.5) is 22.0 Å². The summed E-state index contributed by atoms with van der Waals surface area (Å²) in [6.07, 6.45) is 0. The molecule has 0 aliphatic rings. The minimum Gasteiger partial charge on any atom is -0.483 e. The smallest absolute Gasteiger partial charge is 0.207 e. The maximum absolute atomic E-state index is 13.5. The van der Waals surface area contributed by atoms with E-state index in [2.05, 4.69) is 0 Å². The van der Waals surface area contributed by atoms with Gasteiger partial charge in [-0.1, -0.05) is 45.0 Å². The van der Waals surface area contributed by atoms with E-state index in [-0.39, 0.29) is 12.0 Å². The van der Waals surface area contributed by atoms with Gasteiger partial charge in [0.1, 0.15) is 6.61 Å². The van der Waals surface area contributed by atoms with Crippen LogP contribution in [0.25, 0.3) is 0 Å². The second-order valence-electron chi connectivity index (χ2n) is 6.13. The fourth-order valence-electron chi connectivity index (χ4n) is 1.97. The van der Waals surface area contributed by atoms with Gasteiger partial charge in [0.2, 0.25) is 29.1 Å². The van der Waals surface area contributed by atoms with Crippen LogP contribution >= 0.6 is 0 Å². The van der Waals surface area contributed by atoms with Gasteiger partial charge >= 0.3 is 0 Å². The van der Waals surface area contributed by atoms with E-state index in [1.807, 2.05) is 32.9 Å². The van der Waals surface area contributed by atoms with Crippen molar-refractivity contribution in [1.29, 1.82) is 0 Å². The Labute approximate surface area is 130 Å². The van der Waals surface area contributed by atoms with E-state index >= 15 is 0 Å². The van der Waals surface area contributed by atoms with Gasteiger partial charge in [0.25, 0.3) is 0 Å². The number of hydrogen-bond donors (Lipinski definition) is 0. The van der Waals surface area contributed by atoms with E-state index in [4.69, 9.17) is 4.74 Å². The van der Waals surface area contributed by atoms with E-state index in [1.165, 1.54) is 0 Å². The summed E-state index contributed by atoms with van der Waals surface area (Å²) in [6, 6.07) is 6.98. The maximum atomic E-state index is 13.5. The molecule has 23 heavy (non-hydrogen) atoms. The third kappa shape index (κ3) is 3.46. The topological polar surface area (TPSA) is 9.23 Å². The van der Waals surface area contributed by atoms with Crippen molar-refractivity contribution in [2.45, 2.75) is 32.8 Å². The summed E-state index contributed by atoms with van der Waals surface area (Å²) >= 11 is 0. The average molecular weight is 330 g/mol. The zero-order valence-corrected chi connectivity index (χ0v) is 12.8. The molecule has 2 aromatic rings. The van der Waals surface area contributed by atoms with Crippen molar-refractivity contribution in [1.82, 2.24) is 0 Å². The van der Waals surface area contributed by atoms with Crippen molar-refractivity contribution in [3.05, 3.63) is 64.5 Å².